The maximum absolute atomic E-state index is 13.2. The first-order valence-corrected chi connectivity index (χ1v) is 7.74. The van der Waals surface area contributed by atoms with Crippen molar-refractivity contribution in [3.8, 4) is 0 Å². The standard InChI is InChI=1S/C14H16FNO4S/c1-10-8-11(5-6-12(10)15)21(17,18)16-9-14(19-2)13-4-3-7-20-13/h3-8,14,16H,9H2,1-2H3. The summed E-state index contributed by atoms with van der Waals surface area (Å²) in [6.45, 7) is 1.53. The number of hydrogen-bond donors (Lipinski definition) is 1. The molecule has 0 saturated carbocycles. The fourth-order valence-corrected chi connectivity index (χ4v) is 2.94. The van der Waals surface area contributed by atoms with Gasteiger partial charge in [-0.15, -0.1) is 0 Å². The van der Waals surface area contributed by atoms with Crippen LogP contribution in [0.4, 0.5) is 4.39 Å². The number of ether oxygens (including phenoxy) is 1. The quantitative estimate of drug-likeness (QED) is 0.889. The van der Waals surface area contributed by atoms with E-state index in [0.717, 1.165) is 6.07 Å². The molecule has 1 N–H and O–H groups in total. The zero-order valence-electron chi connectivity index (χ0n) is 11.7. The maximum Gasteiger partial charge on any atom is 0.240 e. The highest BCUT2D eigenvalue weighted by Gasteiger charge is 2.20. The van der Waals surface area contributed by atoms with Crippen LogP contribution in [0.3, 0.4) is 0 Å². The van der Waals surface area contributed by atoms with Gasteiger partial charge in [0.15, 0.2) is 0 Å². The summed E-state index contributed by atoms with van der Waals surface area (Å²) in [5, 5.41) is 0. The number of benzene rings is 1. The second-order valence-corrected chi connectivity index (χ2v) is 6.27. The monoisotopic (exact) mass is 313 g/mol. The Bertz CT molecular complexity index is 698. The van der Waals surface area contributed by atoms with Gasteiger partial charge < -0.3 is 9.15 Å². The Morgan fingerprint density at radius 3 is 2.71 bits per heavy atom. The van der Waals surface area contributed by atoms with E-state index in [1.165, 1.54) is 32.4 Å². The van der Waals surface area contributed by atoms with Crippen molar-refractivity contribution in [2.75, 3.05) is 13.7 Å². The van der Waals surface area contributed by atoms with Crippen molar-refractivity contribution in [1.82, 2.24) is 4.72 Å². The van der Waals surface area contributed by atoms with E-state index in [9.17, 15) is 12.8 Å². The van der Waals surface area contributed by atoms with Crippen molar-refractivity contribution in [2.24, 2.45) is 0 Å². The largest absolute Gasteiger partial charge is 0.467 e. The third kappa shape index (κ3) is 3.69. The molecule has 1 atom stereocenters. The molecule has 0 spiro atoms. The first-order valence-electron chi connectivity index (χ1n) is 6.26. The van der Waals surface area contributed by atoms with Crippen molar-refractivity contribution in [2.45, 2.75) is 17.9 Å². The molecule has 0 aliphatic rings. The van der Waals surface area contributed by atoms with Gasteiger partial charge in [0.25, 0.3) is 0 Å². The van der Waals surface area contributed by atoms with E-state index in [1.54, 1.807) is 12.1 Å². The normalized spacial score (nSPS) is 13.3. The summed E-state index contributed by atoms with van der Waals surface area (Å²) in [5.74, 6) is 0.0785. The Hall–Kier alpha value is -1.70. The molecule has 1 aromatic heterocycles. The highest BCUT2D eigenvalue weighted by molar-refractivity contribution is 7.89. The van der Waals surface area contributed by atoms with Crippen molar-refractivity contribution >= 4 is 10.0 Å². The smallest absolute Gasteiger partial charge is 0.240 e. The zero-order chi connectivity index (χ0) is 15.5. The number of furan rings is 1. The van der Waals surface area contributed by atoms with E-state index in [2.05, 4.69) is 4.72 Å². The summed E-state index contributed by atoms with van der Waals surface area (Å²) in [6.07, 6.45) is 0.954. The molecule has 1 heterocycles. The van der Waals surface area contributed by atoms with Crippen molar-refractivity contribution in [3.05, 3.63) is 53.7 Å². The number of nitrogens with one attached hydrogen (secondary N) is 1. The van der Waals surface area contributed by atoms with Gasteiger partial charge >= 0.3 is 0 Å². The predicted molar refractivity (Wildman–Crippen MR) is 74.8 cm³/mol. The lowest BCUT2D eigenvalue weighted by Gasteiger charge is -2.14. The maximum atomic E-state index is 13.2. The molecule has 0 aliphatic heterocycles. The van der Waals surface area contributed by atoms with Gasteiger partial charge in [0.1, 0.15) is 17.7 Å². The molecule has 2 aromatic rings. The molecule has 1 unspecified atom stereocenters. The van der Waals surface area contributed by atoms with Gasteiger partial charge in [0, 0.05) is 13.7 Å². The van der Waals surface area contributed by atoms with Gasteiger partial charge in [-0.05, 0) is 42.8 Å². The number of rotatable bonds is 6. The summed E-state index contributed by atoms with van der Waals surface area (Å²) in [4.78, 5) is 0.00991. The first-order chi connectivity index (χ1) is 9.94. The Morgan fingerprint density at radius 1 is 1.38 bits per heavy atom. The topological polar surface area (TPSA) is 68.5 Å². The molecule has 1 aromatic carbocycles. The molecular weight excluding hydrogens is 297 g/mol. The van der Waals surface area contributed by atoms with Crippen LogP contribution in [-0.4, -0.2) is 22.1 Å². The molecule has 0 fully saturated rings. The number of sulfonamides is 1. The van der Waals surface area contributed by atoms with E-state index >= 15 is 0 Å². The molecule has 0 radical (unpaired) electrons. The van der Waals surface area contributed by atoms with E-state index in [0.29, 0.717) is 5.76 Å². The van der Waals surface area contributed by atoms with Crippen LogP contribution in [0, 0.1) is 12.7 Å². The van der Waals surface area contributed by atoms with E-state index in [-0.39, 0.29) is 17.0 Å². The molecule has 0 amide bonds. The lowest BCUT2D eigenvalue weighted by atomic mass is 10.2. The van der Waals surface area contributed by atoms with Crippen molar-refractivity contribution in [3.63, 3.8) is 0 Å². The van der Waals surface area contributed by atoms with Crippen LogP contribution in [0.15, 0.2) is 45.9 Å². The van der Waals surface area contributed by atoms with Crippen LogP contribution >= 0.6 is 0 Å². The van der Waals surface area contributed by atoms with Gasteiger partial charge in [-0.3, -0.25) is 0 Å². The lowest BCUT2D eigenvalue weighted by Crippen LogP contribution is -2.29. The number of methoxy groups -OCH3 is 1. The van der Waals surface area contributed by atoms with Gasteiger partial charge in [-0.2, -0.15) is 0 Å². The molecule has 0 saturated heterocycles. The number of aryl methyl sites for hydroxylation is 1. The van der Waals surface area contributed by atoms with Crippen LogP contribution in [0.2, 0.25) is 0 Å². The molecule has 0 bridgehead atoms. The van der Waals surface area contributed by atoms with Crippen molar-refractivity contribution < 1.29 is 22.0 Å². The average molecular weight is 313 g/mol. The summed E-state index contributed by atoms with van der Waals surface area (Å²) in [5.41, 5.74) is 0.271. The third-order valence-electron chi connectivity index (χ3n) is 3.04. The van der Waals surface area contributed by atoms with Crippen LogP contribution in [0.1, 0.15) is 17.4 Å². The van der Waals surface area contributed by atoms with Gasteiger partial charge in [-0.1, -0.05) is 0 Å². The zero-order valence-corrected chi connectivity index (χ0v) is 12.5. The third-order valence-corrected chi connectivity index (χ3v) is 4.46. The predicted octanol–water partition coefficient (Wildman–Crippen LogP) is 2.39. The second-order valence-electron chi connectivity index (χ2n) is 4.50. The van der Waals surface area contributed by atoms with Crippen LogP contribution in [-0.2, 0) is 14.8 Å². The Morgan fingerprint density at radius 2 is 2.14 bits per heavy atom. The SMILES string of the molecule is COC(CNS(=O)(=O)c1ccc(F)c(C)c1)c1ccco1. The number of hydrogen-bond acceptors (Lipinski definition) is 4. The Kier molecular flexibility index (Phi) is 4.76. The molecule has 7 heteroatoms. The molecule has 5 nitrogen and oxygen atoms in total. The average Bonchev–Trinajstić information content (AvgIpc) is 2.96. The van der Waals surface area contributed by atoms with Gasteiger partial charge in [-0.25, -0.2) is 17.5 Å². The summed E-state index contributed by atoms with van der Waals surface area (Å²) >= 11 is 0. The first kappa shape index (κ1) is 15.7. The summed E-state index contributed by atoms with van der Waals surface area (Å²) < 4.78 is 50.3. The molecule has 0 aliphatic carbocycles. The molecule has 21 heavy (non-hydrogen) atoms. The van der Waals surface area contributed by atoms with E-state index < -0.39 is 21.9 Å². The minimum Gasteiger partial charge on any atom is -0.467 e. The lowest BCUT2D eigenvalue weighted by molar-refractivity contribution is 0.0878. The van der Waals surface area contributed by atoms with E-state index in [4.69, 9.17) is 9.15 Å². The van der Waals surface area contributed by atoms with Crippen LogP contribution in [0.5, 0.6) is 0 Å². The van der Waals surface area contributed by atoms with E-state index in [1.807, 2.05) is 0 Å². The molecular formula is C14H16FNO4S. The fourth-order valence-electron chi connectivity index (χ4n) is 1.83. The highest BCUT2D eigenvalue weighted by atomic mass is 32.2. The minimum absolute atomic E-state index is 0.00991. The Balaban J connectivity index is 2.12. The summed E-state index contributed by atoms with van der Waals surface area (Å²) in [6, 6.07) is 7.03. The van der Waals surface area contributed by atoms with Crippen LogP contribution in [0.25, 0.3) is 0 Å². The molecule has 2 rings (SSSR count). The van der Waals surface area contributed by atoms with Gasteiger partial charge in [0.2, 0.25) is 10.0 Å². The highest BCUT2D eigenvalue weighted by Crippen LogP contribution is 2.18. The minimum atomic E-state index is -3.73. The van der Waals surface area contributed by atoms with Crippen molar-refractivity contribution in [1.29, 1.82) is 0 Å². The van der Waals surface area contributed by atoms with Crippen LogP contribution < -0.4 is 4.72 Å². The Labute approximate surface area is 122 Å². The molecule has 114 valence electrons. The number of halogens is 1. The van der Waals surface area contributed by atoms with Gasteiger partial charge in [0.05, 0.1) is 11.2 Å². The second kappa shape index (κ2) is 6.38. The summed E-state index contributed by atoms with van der Waals surface area (Å²) in [7, 11) is -2.27. The fraction of sp³-hybridized carbons (Fsp3) is 0.286.